The lowest BCUT2D eigenvalue weighted by Gasteiger charge is -2.35. The summed E-state index contributed by atoms with van der Waals surface area (Å²) in [5.74, 6) is -0.217. The third kappa shape index (κ3) is 7.00. The van der Waals surface area contributed by atoms with Crippen LogP contribution in [0.15, 0.2) is 47.2 Å². The summed E-state index contributed by atoms with van der Waals surface area (Å²) in [6.07, 6.45) is 4.67. The van der Waals surface area contributed by atoms with Crippen molar-refractivity contribution in [3.05, 3.63) is 47.7 Å². The van der Waals surface area contributed by atoms with Gasteiger partial charge in [0.25, 0.3) is 11.8 Å². The Kier molecular flexibility index (Phi) is 9.53. The van der Waals surface area contributed by atoms with E-state index < -0.39 is 11.9 Å². The summed E-state index contributed by atoms with van der Waals surface area (Å²) in [5, 5.41) is 12.8. The number of hydrogen-bond acceptors (Lipinski definition) is 12. The number of anilines is 1. The maximum atomic E-state index is 12.8. The summed E-state index contributed by atoms with van der Waals surface area (Å²) >= 11 is 2.08. The first kappa shape index (κ1) is 27.4. The SMILES string of the molecule is COSN1CC(NC(=O)/C(=N\OCCOc2ccc(-c3cnn(CCCN)c3)cc2)c2csc(N)n2)C1=O. The molecule has 15 heteroatoms. The Morgan fingerprint density at radius 3 is 2.79 bits per heavy atom. The number of oxime groups is 1. The van der Waals surface area contributed by atoms with Crippen molar-refractivity contribution in [1.29, 1.82) is 0 Å². The van der Waals surface area contributed by atoms with Crippen molar-refractivity contribution in [3.8, 4) is 16.9 Å². The van der Waals surface area contributed by atoms with Crippen LogP contribution in [-0.2, 0) is 25.2 Å². The molecule has 202 valence electrons. The summed E-state index contributed by atoms with van der Waals surface area (Å²) in [5.41, 5.74) is 13.5. The summed E-state index contributed by atoms with van der Waals surface area (Å²) < 4.78 is 13.8. The van der Waals surface area contributed by atoms with Gasteiger partial charge in [0, 0.05) is 23.7 Å². The van der Waals surface area contributed by atoms with E-state index in [2.05, 4.69) is 20.6 Å². The normalized spacial score (nSPS) is 15.3. The Morgan fingerprint density at radius 1 is 1.29 bits per heavy atom. The van der Waals surface area contributed by atoms with Gasteiger partial charge in [-0.2, -0.15) is 5.10 Å². The topological polar surface area (TPSA) is 172 Å². The highest BCUT2D eigenvalue weighted by Crippen LogP contribution is 2.23. The first-order valence-electron chi connectivity index (χ1n) is 11.7. The molecule has 38 heavy (non-hydrogen) atoms. The lowest BCUT2D eigenvalue weighted by atomic mass is 10.1. The van der Waals surface area contributed by atoms with Gasteiger partial charge >= 0.3 is 0 Å². The lowest BCUT2D eigenvalue weighted by Crippen LogP contribution is -2.62. The Labute approximate surface area is 227 Å². The Balaban J connectivity index is 1.28. The molecule has 0 saturated carbocycles. The van der Waals surface area contributed by atoms with Crippen molar-refractivity contribution in [2.45, 2.75) is 19.0 Å². The molecular formula is C23H28N8O5S2. The van der Waals surface area contributed by atoms with Gasteiger partial charge in [-0.25, -0.2) is 4.98 Å². The number of thiazole rings is 1. The molecule has 5 N–H and O–H groups in total. The van der Waals surface area contributed by atoms with E-state index in [0.29, 0.717) is 18.8 Å². The number of nitrogen functional groups attached to an aromatic ring is 1. The monoisotopic (exact) mass is 560 g/mol. The quantitative estimate of drug-likeness (QED) is 0.0651. The number of nitrogens with two attached hydrogens (primary N) is 2. The van der Waals surface area contributed by atoms with E-state index in [-0.39, 0.29) is 35.7 Å². The van der Waals surface area contributed by atoms with E-state index >= 15 is 0 Å². The number of nitrogens with one attached hydrogen (secondary N) is 1. The highest BCUT2D eigenvalue weighted by Gasteiger charge is 2.39. The highest BCUT2D eigenvalue weighted by atomic mass is 32.2. The molecule has 3 heterocycles. The average molecular weight is 561 g/mol. The van der Waals surface area contributed by atoms with Crippen LogP contribution < -0.4 is 21.5 Å². The van der Waals surface area contributed by atoms with Gasteiger partial charge in [-0.15, -0.1) is 11.3 Å². The van der Waals surface area contributed by atoms with Gasteiger partial charge in [-0.05, 0) is 30.7 Å². The molecule has 1 unspecified atom stereocenters. The molecule has 0 radical (unpaired) electrons. The smallest absolute Gasteiger partial charge is 0.276 e. The van der Waals surface area contributed by atoms with Crippen molar-refractivity contribution in [2.75, 3.05) is 39.1 Å². The van der Waals surface area contributed by atoms with Gasteiger partial charge in [0.15, 0.2) is 17.5 Å². The number of benzene rings is 1. The van der Waals surface area contributed by atoms with Crippen molar-refractivity contribution >= 4 is 46.2 Å². The van der Waals surface area contributed by atoms with E-state index in [1.807, 2.05) is 41.3 Å². The number of amides is 2. The predicted molar refractivity (Wildman–Crippen MR) is 144 cm³/mol. The van der Waals surface area contributed by atoms with Crippen LogP contribution in [0.2, 0.25) is 0 Å². The summed E-state index contributed by atoms with van der Waals surface area (Å²) in [7, 11) is 1.46. The van der Waals surface area contributed by atoms with E-state index in [9.17, 15) is 9.59 Å². The second-order valence-corrected chi connectivity index (χ2v) is 9.83. The van der Waals surface area contributed by atoms with Crippen LogP contribution in [-0.4, -0.2) is 76.1 Å². The van der Waals surface area contributed by atoms with Gasteiger partial charge in [-0.3, -0.25) is 22.8 Å². The zero-order valence-electron chi connectivity index (χ0n) is 20.6. The van der Waals surface area contributed by atoms with E-state index in [1.165, 1.54) is 11.4 Å². The number of aromatic nitrogens is 3. The average Bonchev–Trinajstić information content (AvgIpc) is 3.58. The molecule has 1 atom stereocenters. The highest BCUT2D eigenvalue weighted by molar-refractivity contribution is 7.92. The predicted octanol–water partition coefficient (Wildman–Crippen LogP) is 1.27. The Morgan fingerprint density at radius 2 is 2.11 bits per heavy atom. The Hall–Kier alpha value is -3.66. The number of β-lactam (4-membered cyclic amide) rings is 1. The van der Waals surface area contributed by atoms with E-state index in [4.69, 9.17) is 25.2 Å². The molecular weight excluding hydrogens is 532 g/mol. The number of ether oxygens (including phenoxy) is 1. The molecule has 1 aliphatic heterocycles. The number of hydrogen-bond donors (Lipinski definition) is 3. The van der Waals surface area contributed by atoms with Crippen molar-refractivity contribution in [2.24, 2.45) is 10.9 Å². The van der Waals surface area contributed by atoms with Crippen LogP contribution in [0.4, 0.5) is 5.13 Å². The van der Waals surface area contributed by atoms with Gasteiger partial charge < -0.3 is 26.4 Å². The van der Waals surface area contributed by atoms with Gasteiger partial charge in [0.05, 0.1) is 19.9 Å². The fourth-order valence-corrected chi connectivity index (χ4v) is 4.56. The van der Waals surface area contributed by atoms with Crippen molar-refractivity contribution < 1.29 is 23.3 Å². The third-order valence-corrected chi connectivity index (χ3v) is 6.69. The maximum Gasteiger partial charge on any atom is 0.276 e. The molecule has 1 fully saturated rings. The molecule has 2 aromatic heterocycles. The van der Waals surface area contributed by atoms with Crippen molar-refractivity contribution in [1.82, 2.24) is 24.4 Å². The standard InChI is InChI=1S/C23H28N8O5S2/c1-34-38-31-13-18(22(31)33)27-21(32)20(19-14-37-23(25)28-19)29-36-10-9-35-17-5-3-15(4-6-17)16-11-26-30(12-16)8-2-7-24/h3-6,11-12,14,18H,2,7-10,13,24H2,1H3,(H2,25,28)(H,27,32)/b29-20-. The first-order chi connectivity index (χ1) is 18.5. The van der Waals surface area contributed by atoms with Crippen molar-refractivity contribution in [3.63, 3.8) is 0 Å². The van der Waals surface area contributed by atoms with Crippen LogP contribution in [0.3, 0.4) is 0 Å². The van der Waals surface area contributed by atoms with Crippen LogP contribution in [0.5, 0.6) is 5.75 Å². The number of carbonyl (C=O) groups excluding carboxylic acids is 2. The molecule has 13 nitrogen and oxygen atoms in total. The van der Waals surface area contributed by atoms with Gasteiger partial charge in [0.1, 0.15) is 36.3 Å². The molecule has 0 aliphatic carbocycles. The molecule has 0 bridgehead atoms. The van der Waals surface area contributed by atoms with E-state index in [0.717, 1.165) is 47.7 Å². The largest absolute Gasteiger partial charge is 0.490 e. The third-order valence-electron chi connectivity index (χ3n) is 5.35. The number of nitrogens with zero attached hydrogens (tertiary/aromatic N) is 5. The molecule has 1 saturated heterocycles. The molecule has 2 amide bonds. The second-order valence-electron chi connectivity index (χ2n) is 8.02. The zero-order valence-corrected chi connectivity index (χ0v) is 22.2. The number of aryl methyl sites for hydroxylation is 1. The minimum Gasteiger partial charge on any atom is -0.490 e. The summed E-state index contributed by atoms with van der Waals surface area (Å²) in [4.78, 5) is 34.4. The van der Waals surface area contributed by atoms with Crippen LogP contribution >= 0.6 is 23.6 Å². The number of rotatable bonds is 14. The molecule has 1 aromatic carbocycles. The fourth-order valence-electron chi connectivity index (χ4n) is 3.43. The second kappa shape index (κ2) is 13.2. The van der Waals surface area contributed by atoms with E-state index in [1.54, 1.807) is 5.38 Å². The molecule has 0 spiro atoms. The summed E-state index contributed by atoms with van der Waals surface area (Å²) in [6, 6.07) is 6.92. The van der Waals surface area contributed by atoms with Crippen LogP contribution in [0.25, 0.3) is 11.1 Å². The van der Waals surface area contributed by atoms with Crippen LogP contribution in [0, 0.1) is 0 Å². The summed E-state index contributed by atoms with van der Waals surface area (Å²) in [6.45, 7) is 1.98. The minimum atomic E-state index is -0.682. The van der Waals surface area contributed by atoms with Crippen LogP contribution in [0.1, 0.15) is 12.1 Å². The maximum absolute atomic E-state index is 12.8. The first-order valence-corrected chi connectivity index (χ1v) is 13.3. The molecule has 1 aliphatic rings. The number of carbonyl (C=O) groups is 2. The van der Waals surface area contributed by atoms with Gasteiger partial charge in [0.2, 0.25) is 0 Å². The molecule has 4 rings (SSSR count). The Bertz CT molecular complexity index is 1260. The lowest BCUT2D eigenvalue weighted by molar-refractivity contribution is -0.138. The minimum absolute atomic E-state index is 0.0761. The fraction of sp³-hybridized carbons (Fsp3) is 0.348. The molecule has 3 aromatic rings. The zero-order chi connectivity index (χ0) is 26.9. The van der Waals surface area contributed by atoms with Gasteiger partial charge in [-0.1, -0.05) is 17.3 Å².